The van der Waals surface area contributed by atoms with Gasteiger partial charge in [-0.2, -0.15) is 5.10 Å². The second-order valence-electron chi connectivity index (χ2n) is 1.75. The van der Waals surface area contributed by atoms with E-state index >= 15 is 0 Å². The van der Waals surface area contributed by atoms with Gasteiger partial charge in [0, 0.05) is 12.2 Å². The second kappa shape index (κ2) is 8.14. The van der Waals surface area contributed by atoms with Gasteiger partial charge in [0.05, 0.1) is 5.69 Å². The third-order valence-electron chi connectivity index (χ3n) is 0.968. The number of hydrogen-bond donors (Lipinski definition) is 2. The van der Waals surface area contributed by atoms with E-state index < -0.39 is 0 Å². The van der Waals surface area contributed by atoms with Crippen LogP contribution in [0.1, 0.15) is 11.4 Å². The number of H-pyrrole nitrogens is 1. The van der Waals surface area contributed by atoms with Gasteiger partial charge in [0.15, 0.2) is 0 Å². The zero-order chi connectivity index (χ0) is 5.98. The second-order valence-corrected chi connectivity index (χ2v) is 1.75. The van der Waals surface area contributed by atoms with E-state index in [4.69, 9.17) is 5.73 Å². The maximum Gasteiger partial charge on any atom is 0.0760 e. The molecular weight excluding hydrogens is 208 g/mol. The van der Waals surface area contributed by atoms with Crippen LogP contribution in [-0.2, 0) is 6.54 Å². The van der Waals surface area contributed by atoms with Crippen LogP contribution < -0.4 is 5.73 Å². The van der Waals surface area contributed by atoms with Crippen molar-refractivity contribution in [3.8, 4) is 0 Å². The molecule has 1 aromatic rings. The molecule has 68 valence electrons. The van der Waals surface area contributed by atoms with Gasteiger partial charge < -0.3 is 5.73 Å². The molecule has 1 heterocycles. The molecule has 6 heteroatoms. The summed E-state index contributed by atoms with van der Waals surface area (Å²) >= 11 is 0. The molecule has 0 radical (unpaired) electrons. The zero-order valence-electron chi connectivity index (χ0n) is 6.03. The Balaban J connectivity index is -0.000000213. The number of rotatable bonds is 1. The number of aromatic amines is 1. The van der Waals surface area contributed by atoms with E-state index in [0.717, 1.165) is 11.4 Å². The van der Waals surface area contributed by atoms with E-state index in [1.165, 1.54) is 0 Å². The first-order chi connectivity index (χ1) is 3.83. The summed E-state index contributed by atoms with van der Waals surface area (Å²) in [6.07, 6.45) is 0. The van der Waals surface area contributed by atoms with Crippen LogP contribution in [0.2, 0.25) is 0 Å². The van der Waals surface area contributed by atoms with Crippen LogP contribution in [0.4, 0.5) is 0 Å². The Morgan fingerprint density at radius 1 is 1.45 bits per heavy atom. The lowest BCUT2D eigenvalue weighted by atomic mass is 10.4. The first-order valence-electron chi connectivity index (χ1n) is 2.54. The lowest BCUT2D eigenvalue weighted by Crippen LogP contribution is -1.95. The van der Waals surface area contributed by atoms with Crippen molar-refractivity contribution in [1.29, 1.82) is 0 Å². The molecule has 0 saturated heterocycles. The van der Waals surface area contributed by atoms with Crippen LogP contribution in [0.15, 0.2) is 6.07 Å². The SMILES string of the molecule is Cc1cc(CN)n[nH]1.Cl.Cl.Cl. The Bertz CT molecular complexity index is 177. The molecule has 11 heavy (non-hydrogen) atoms. The van der Waals surface area contributed by atoms with Crippen molar-refractivity contribution in [2.75, 3.05) is 0 Å². The molecule has 0 saturated carbocycles. The molecule has 0 atom stereocenters. The molecule has 0 spiro atoms. The van der Waals surface area contributed by atoms with E-state index in [-0.39, 0.29) is 37.2 Å². The Hall–Kier alpha value is 0.0400. The number of aryl methyl sites for hydroxylation is 1. The Morgan fingerprint density at radius 3 is 2.18 bits per heavy atom. The van der Waals surface area contributed by atoms with Crippen molar-refractivity contribution in [3.05, 3.63) is 17.5 Å². The number of nitrogens with zero attached hydrogens (tertiary/aromatic N) is 1. The van der Waals surface area contributed by atoms with Gasteiger partial charge in [-0.05, 0) is 13.0 Å². The molecule has 1 aromatic heterocycles. The highest BCUT2D eigenvalue weighted by Gasteiger charge is 1.90. The van der Waals surface area contributed by atoms with Crippen molar-refractivity contribution in [3.63, 3.8) is 0 Å². The number of hydrogen-bond acceptors (Lipinski definition) is 2. The smallest absolute Gasteiger partial charge is 0.0760 e. The topological polar surface area (TPSA) is 54.7 Å². The van der Waals surface area contributed by atoms with Gasteiger partial charge in [0.2, 0.25) is 0 Å². The van der Waals surface area contributed by atoms with Crippen LogP contribution in [-0.4, -0.2) is 10.2 Å². The summed E-state index contributed by atoms with van der Waals surface area (Å²) in [4.78, 5) is 0. The maximum atomic E-state index is 5.28. The van der Waals surface area contributed by atoms with Crippen LogP contribution in [0.5, 0.6) is 0 Å². The number of aromatic nitrogens is 2. The predicted octanol–water partition coefficient (Wildman–Crippen LogP) is 1.44. The molecule has 0 fully saturated rings. The molecule has 0 amide bonds. The highest BCUT2D eigenvalue weighted by Crippen LogP contribution is 1.93. The first kappa shape index (κ1) is 17.2. The fourth-order valence-electron chi connectivity index (χ4n) is 0.579. The number of halogens is 3. The molecule has 0 bridgehead atoms. The summed E-state index contributed by atoms with van der Waals surface area (Å²) in [7, 11) is 0. The maximum absolute atomic E-state index is 5.28. The van der Waals surface area contributed by atoms with Gasteiger partial charge in [-0.25, -0.2) is 0 Å². The third kappa shape index (κ3) is 5.32. The number of nitrogens with one attached hydrogen (secondary N) is 1. The lowest BCUT2D eigenvalue weighted by Gasteiger charge is -1.78. The predicted molar refractivity (Wildman–Crippen MR) is 53.0 cm³/mol. The standard InChI is InChI=1S/C5H9N3.3ClH/c1-4-2-5(3-6)8-7-4;;;/h2H,3,6H2,1H3,(H,7,8);3*1H. The summed E-state index contributed by atoms with van der Waals surface area (Å²) in [6.45, 7) is 2.47. The van der Waals surface area contributed by atoms with Crippen LogP contribution in [0, 0.1) is 6.92 Å². The summed E-state index contributed by atoms with van der Waals surface area (Å²) in [5.41, 5.74) is 7.26. The van der Waals surface area contributed by atoms with Gasteiger partial charge in [-0.15, -0.1) is 37.2 Å². The zero-order valence-corrected chi connectivity index (χ0v) is 8.48. The van der Waals surface area contributed by atoms with E-state index in [1.807, 2.05) is 13.0 Å². The fraction of sp³-hybridized carbons (Fsp3) is 0.400. The van der Waals surface area contributed by atoms with E-state index in [1.54, 1.807) is 0 Å². The van der Waals surface area contributed by atoms with Gasteiger partial charge in [0.25, 0.3) is 0 Å². The lowest BCUT2D eigenvalue weighted by molar-refractivity contribution is 0.939. The van der Waals surface area contributed by atoms with E-state index in [2.05, 4.69) is 10.2 Å². The van der Waals surface area contributed by atoms with Gasteiger partial charge in [-0.3, -0.25) is 5.10 Å². The largest absolute Gasteiger partial charge is 0.325 e. The van der Waals surface area contributed by atoms with Gasteiger partial charge in [0.1, 0.15) is 0 Å². The summed E-state index contributed by atoms with van der Waals surface area (Å²) in [6, 6.07) is 1.93. The van der Waals surface area contributed by atoms with Crippen molar-refractivity contribution >= 4 is 37.2 Å². The number of nitrogens with two attached hydrogens (primary N) is 1. The fourth-order valence-corrected chi connectivity index (χ4v) is 0.579. The van der Waals surface area contributed by atoms with Crippen molar-refractivity contribution in [2.45, 2.75) is 13.5 Å². The highest BCUT2D eigenvalue weighted by atomic mass is 35.5. The molecule has 0 unspecified atom stereocenters. The molecule has 3 nitrogen and oxygen atoms in total. The molecule has 0 aromatic carbocycles. The van der Waals surface area contributed by atoms with Crippen molar-refractivity contribution in [2.24, 2.45) is 5.73 Å². The molecule has 0 aliphatic heterocycles. The average Bonchev–Trinajstić information content (AvgIpc) is 2.14. The van der Waals surface area contributed by atoms with E-state index in [0.29, 0.717) is 6.54 Å². The summed E-state index contributed by atoms with van der Waals surface area (Å²) in [5.74, 6) is 0. The molecular formula is C5H12Cl3N3. The first-order valence-corrected chi connectivity index (χ1v) is 2.54. The minimum Gasteiger partial charge on any atom is -0.325 e. The Kier molecular flexibility index (Phi) is 12.7. The molecule has 3 N–H and O–H groups in total. The van der Waals surface area contributed by atoms with Gasteiger partial charge >= 0.3 is 0 Å². The minimum absolute atomic E-state index is 0. The molecule has 0 aliphatic rings. The summed E-state index contributed by atoms with van der Waals surface area (Å²) in [5, 5.41) is 6.67. The normalized spacial score (nSPS) is 7.09. The van der Waals surface area contributed by atoms with Crippen LogP contribution >= 0.6 is 37.2 Å². The van der Waals surface area contributed by atoms with Crippen LogP contribution in [0.25, 0.3) is 0 Å². The Morgan fingerprint density at radius 2 is 2.00 bits per heavy atom. The summed E-state index contributed by atoms with van der Waals surface area (Å²) < 4.78 is 0. The quantitative estimate of drug-likeness (QED) is 0.753. The van der Waals surface area contributed by atoms with Crippen molar-refractivity contribution in [1.82, 2.24) is 10.2 Å². The average molecular weight is 221 g/mol. The van der Waals surface area contributed by atoms with Crippen molar-refractivity contribution < 1.29 is 0 Å². The Labute approximate surface area is 84.4 Å². The van der Waals surface area contributed by atoms with E-state index in [9.17, 15) is 0 Å². The van der Waals surface area contributed by atoms with Gasteiger partial charge in [-0.1, -0.05) is 0 Å². The minimum atomic E-state index is 0. The third-order valence-corrected chi connectivity index (χ3v) is 0.968. The molecule has 1 rings (SSSR count). The monoisotopic (exact) mass is 219 g/mol. The molecule has 0 aliphatic carbocycles. The van der Waals surface area contributed by atoms with Crippen LogP contribution in [0.3, 0.4) is 0 Å². The highest BCUT2D eigenvalue weighted by molar-refractivity contribution is 5.86.